The highest BCUT2D eigenvalue weighted by atomic mass is 35.5. The number of sulfonamides is 1. The molecule has 0 unspecified atom stereocenters. The number of nitro groups is 1. The molecule has 16 nitrogen and oxygen atoms in total. The van der Waals surface area contributed by atoms with E-state index in [0.717, 1.165) is 74.1 Å². The zero-order valence-corrected chi connectivity index (χ0v) is 35.6. The number of nitrogens with one attached hydrogen (secondary N) is 3. The molecule has 2 fully saturated rings. The average Bonchev–Trinajstić information content (AvgIpc) is 3.90. The summed E-state index contributed by atoms with van der Waals surface area (Å²) < 4.78 is 47.1. The van der Waals surface area contributed by atoms with Crippen LogP contribution in [0.25, 0.3) is 16.6 Å². The van der Waals surface area contributed by atoms with Gasteiger partial charge in [-0.05, 0) is 91.4 Å². The predicted octanol–water partition coefficient (Wildman–Crippen LogP) is 6.75. The lowest BCUT2D eigenvalue weighted by Gasteiger charge is -2.37. The van der Waals surface area contributed by atoms with Gasteiger partial charge in [-0.25, -0.2) is 13.1 Å². The lowest BCUT2D eigenvalue weighted by atomic mass is 10.0. The molecule has 3 N–H and O–H groups in total. The molecule has 1 amide bonds. The maximum Gasteiger partial charge on any atom is 0.293 e. The third kappa shape index (κ3) is 8.94. The summed E-state index contributed by atoms with van der Waals surface area (Å²) in [7, 11) is -4.58. The Labute approximate surface area is 364 Å². The lowest BCUT2D eigenvalue weighted by molar-refractivity contribution is -0.384. The van der Waals surface area contributed by atoms with Crippen LogP contribution >= 0.6 is 11.6 Å². The van der Waals surface area contributed by atoms with Gasteiger partial charge < -0.3 is 34.3 Å². The molecule has 2 saturated heterocycles. The van der Waals surface area contributed by atoms with Crippen molar-refractivity contribution in [3.63, 3.8) is 0 Å². The number of amides is 1. The Kier molecular flexibility index (Phi) is 12.0. The number of aromatic amines is 1. The minimum Gasteiger partial charge on any atom is -0.476 e. The largest absolute Gasteiger partial charge is 0.476 e. The van der Waals surface area contributed by atoms with Gasteiger partial charge in [0.25, 0.3) is 21.6 Å². The quantitative estimate of drug-likeness (QED) is 0.0884. The zero-order valence-electron chi connectivity index (χ0n) is 34.0. The SMILES string of the molecule is O=C(NS(=O)(=O)c1ccc(NC[C@H]2COCCO2)c([N+](=O)[O-])c1)c1ccc(N2CCN(CC3=C(c4ccc(Cl)cc4)CCC3)CC2)cc1N1CCCOc2nc3[nH]ccc3cc21. The maximum atomic E-state index is 14.3. The van der Waals surface area contributed by atoms with Crippen molar-refractivity contribution in [1.29, 1.82) is 0 Å². The Hall–Kier alpha value is -5.72. The Morgan fingerprint density at radius 3 is 2.56 bits per heavy atom. The molecule has 5 heterocycles. The topological polar surface area (TPSA) is 185 Å². The first-order valence-electron chi connectivity index (χ1n) is 20.8. The number of benzene rings is 3. The third-order valence-electron chi connectivity index (χ3n) is 11.8. The molecule has 2 aromatic heterocycles. The number of anilines is 4. The predicted molar refractivity (Wildman–Crippen MR) is 237 cm³/mol. The standard InChI is InChI=1S/C44H47ClN8O8S/c45-32-7-5-29(6-8-32)36-4-1-3-31(36)27-50-16-18-51(19-17-50)33-9-11-37(39(24-33)52-15-2-20-61-44-41(52)23-30-13-14-46-42(30)48-44)43(54)49-62(57,58)35-10-12-38(40(25-35)53(55)56)47-26-34-28-59-21-22-60-34/h5-14,23-25,34,47H,1-4,15-22,26-28H2,(H,46,48)(H,49,54)/t34-/m0/s1. The van der Waals surface area contributed by atoms with Gasteiger partial charge >= 0.3 is 0 Å². The molecule has 5 aromatic rings. The number of aromatic nitrogens is 2. The van der Waals surface area contributed by atoms with E-state index in [4.69, 9.17) is 30.8 Å². The first-order chi connectivity index (χ1) is 30.1. The van der Waals surface area contributed by atoms with Gasteiger partial charge in [0.05, 0.1) is 53.6 Å². The molecule has 3 aliphatic heterocycles. The van der Waals surface area contributed by atoms with Crippen LogP contribution in [0, 0.1) is 10.1 Å². The van der Waals surface area contributed by atoms with Crippen LogP contribution in [0.15, 0.2) is 89.5 Å². The summed E-state index contributed by atoms with van der Waals surface area (Å²) in [5.41, 5.74) is 6.53. The molecule has 0 spiro atoms. The minimum absolute atomic E-state index is 0.100. The van der Waals surface area contributed by atoms with E-state index in [1.807, 2.05) is 41.3 Å². The molecule has 18 heteroatoms. The highest BCUT2D eigenvalue weighted by Gasteiger charge is 2.30. The van der Waals surface area contributed by atoms with Crippen molar-refractivity contribution < 1.29 is 32.3 Å². The fourth-order valence-corrected chi connectivity index (χ4v) is 9.77. The van der Waals surface area contributed by atoms with Crippen LogP contribution in [0.2, 0.25) is 5.02 Å². The van der Waals surface area contributed by atoms with Gasteiger partial charge in [-0.15, -0.1) is 0 Å². The Balaban J connectivity index is 0.984. The monoisotopic (exact) mass is 882 g/mol. The Morgan fingerprint density at radius 2 is 1.77 bits per heavy atom. The van der Waals surface area contributed by atoms with Crippen molar-refractivity contribution in [2.45, 2.75) is 36.7 Å². The molecule has 0 radical (unpaired) electrons. The van der Waals surface area contributed by atoms with E-state index in [2.05, 4.69) is 37.0 Å². The van der Waals surface area contributed by atoms with Gasteiger partial charge in [-0.1, -0.05) is 29.3 Å². The second kappa shape index (κ2) is 17.9. The summed E-state index contributed by atoms with van der Waals surface area (Å²) in [6.45, 7) is 6.36. The second-order valence-electron chi connectivity index (χ2n) is 15.8. The van der Waals surface area contributed by atoms with Gasteiger partial charge in [-0.2, -0.15) is 4.98 Å². The number of hydrogen-bond donors (Lipinski definition) is 3. The molecule has 0 saturated carbocycles. The number of carbonyl (C=O) groups is 1. The summed E-state index contributed by atoms with van der Waals surface area (Å²) in [4.78, 5) is 39.9. The van der Waals surface area contributed by atoms with Gasteiger partial charge in [0, 0.05) is 74.2 Å². The number of H-pyrrole nitrogens is 1. The average molecular weight is 883 g/mol. The van der Waals surface area contributed by atoms with Crippen molar-refractivity contribution >= 4 is 72.6 Å². The van der Waals surface area contributed by atoms with E-state index in [-0.39, 0.29) is 23.9 Å². The van der Waals surface area contributed by atoms with E-state index >= 15 is 0 Å². The number of hydrogen-bond acceptors (Lipinski definition) is 13. The van der Waals surface area contributed by atoms with Gasteiger partial charge in [0.1, 0.15) is 17.0 Å². The minimum atomic E-state index is -4.58. The second-order valence-corrected chi connectivity index (χ2v) is 17.9. The number of allylic oxidation sites excluding steroid dienone is 1. The molecule has 3 aromatic carbocycles. The molecule has 4 aliphatic rings. The van der Waals surface area contributed by atoms with Crippen molar-refractivity contribution in [1.82, 2.24) is 19.6 Å². The van der Waals surface area contributed by atoms with E-state index in [1.54, 1.807) is 12.3 Å². The van der Waals surface area contributed by atoms with Crippen molar-refractivity contribution in [2.24, 2.45) is 0 Å². The van der Waals surface area contributed by atoms with Crippen LogP contribution in [-0.2, 0) is 19.5 Å². The van der Waals surface area contributed by atoms with Crippen LogP contribution < -0.4 is 24.6 Å². The first-order valence-corrected chi connectivity index (χ1v) is 22.7. The zero-order chi connectivity index (χ0) is 42.8. The van der Waals surface area contributed by atoms with Crippen LogP contribution in [0.1, 0.15) is 41.6 Å². The van der Waals surface area contributed by atoms with E-state index in [0.29, 0.717) is 62.3 Å². The number of nitrogens with zero attached hydrogens (tertiary/aromatic N) is 5. The van der Waals surface area contributed by atoms with Crippen LogP contribution in [0.5, 0.6) is 5.88 Å². The van der Waals surface area contributed by atoms with Crippen molar-refractivity contribution in [2.75, 3.05) is 87.4 Å². The molecule has 324 valence electrons. The summed E-state index contributed by atoms with van der Waals surface area (Å²) in [6, 6.07) is 20.9. The number of carbonyl (C=O) groups excluding carboxylic acids is 1. The number of fused-ring (bicyclic) bond motifs is 2. The molecule has 1 atom stereocenters. The summed E-state index contributed by atoms with van der Waals surface area (Å²) in [6.07, 6.45) is 5.36. The number of halogens is 1. The lowest BCUT2D eigenvalue weighted by Crippen LogP contribution is -2.47. The fourth-order valence-electron chi connectivity index (χ4n) is 8.66. The fraction of sp³-hybridized carbons (Fsp3) is 0.364. The van der Waals surface area contributed by atoms with Crippen LogP contribution in [-0.4, -0.2) is 112 Å². The highest BCUT2D eigenvalue weighted by molar-refractivity contribution is 7.90. The third-order valence-corrected chi connectivity index (χ3v) is 13.4. The maximum absolute atomic E-state index is 14.3. The highest BCUT2D eigenvalue weighted by Crippen LogP contribution is 2.41. The van der Waals surface area contributed by atoms with Gasteiger partial charge in [0.15, 0.2) is 0 Å². The van der Waals surface area contributed by atoms with Crippen LogP contribution in [0.3, 0.4) is 0 Å². The molecular formula is C44H47ClN8O8S. The van der Waals surface area contributed by atoms with Crippen molar-refractivity contribution in [3.8, 4) is 5.88 Å². The van der Waals surface area contributed by atoms with Gasteiger partial charge in [-0.3, -0.25) is 19.8 Å². The van der Waals surface area contributed by atoms with E-state index in [1.165, 1.54) is 28.8 Å². The molecule has 0 bridgehead atoms. The molecular weight excluding hydrogens is 836 g/mol. The number of nitro benzene ring substituents is 1. The van der Waals surface area contributed by atoms with Crippen LogP contribution in [0.4, 0.5) is 28.4 Å². The molecule has 62 heavy (non-hydrogen) atoms. The number of ether oxygens (including phenoxy) is 3. The summed E-state index contributed by atoms with van der Waals surface area (Å²) in [5, 5.41) is 16.7. The summed E-state index contributed by atoms with van der Waals surface area (Å²) >= 11 is 6.18. The number of piperazine rings is 1. The first kappa shape index (κ1) is 41.6. The normalized spacial score (nSPS) is 18.6. The summed E-state index contributed by atoms with van der Waals surface area (Å²) in [5.74, 6) is -0.502. The smallest absolute Gasteiger partial charge is 0.293 e. The number of pyridine rings is 1. The van der Waals surface area contributed by atoms with E-state index in [9.17, 15) is 23.3 Å². The van der Waals surface area contributed by atoms with Crippen molar-refractivity contribution in [3.05, 3.63) is 111 Å². The molecule has 9 rings (SSSR count). The van der Waals surface area contributed by atoms with E-state index < -0.39 is 31.4 Å². The molecule has 1 aliphatic carbocycles. The Bertz CT molecular complexity index is 2620. The Morgan fingerprint density at radius 1 is 0.935 bits per heavy atom. The number of rotatable bonds is 12. The van der Waals surface area contributed by atoms with Gasteiger partial charge in [0.2, 0.25) is 5.88 Å².